The number of amides is 1. The molecule has 2 aromatic heterocycles. The van der Waals surface area contributed by atoms with Crippen LogP contribution in [0.25, 0.3) is 11.0 Å². The van der Waals surface area contributed by atoms with Crippen LogP contribution in [0.2, 0.25) is 0 Å². The van der Waals surface area contributed by atoms with Crippen LogP contribution < -0.4 is 10.9 Å². The number of carbonyl (C=O) groups is 1. The molecule has 0 aliphatic carbocycles. The number of hydrogen-bond donors (Lipinski definition) is 3. The second kappa shape index (κ2) is 17.3. The summed E-state index contributed by atoms with van der Waals surface area (Å²) in [4.78, 5) is 46.8. The molecule has 0 saturated carbocycles. The number of aromatic amines is 2. The third-order valence-corrected chi connectivity index (χ3v) is 9.95. The van der Waals surface area contributed by atoms with Crippen LogP contribution in [0.4, 0.5) is 14.7 Å². The lowest BCUT2D eigenvalue weighted by Gasteiger charge is -2.36. The van der Waals surface area contributed by atoms with E-state index in [2.05, 4.69) is 46.8 Å². The van der Waals surface area contributed by atoms with Crippen LogP contribution in [-0.2, 0) is 31.0 Å². The fraction of sp³-hybridized carbons (Fsp3) is 0.500. The average molecular weight is 689 g/mol. The van der Waals surface area contributed by atoms with Crippen LogP contribution in [-0.4, -0.2) is 92.8 Å². The highest BCUT2D eigenvalue weighted by Crippen LogP contribution is 2.24. The number of nitrogens with one attached hydrogen (secondary N) is 3. The summed E-state index contributed by atoms with van der Waals surface area (Å²) in [5.74, 6) is -0.422. The topological polar surface area (TPSA) is 104 Å². The molecule has 0 bridgehead atoms. The van der Waals surface area contributed by atoms with Crippen molar-refractivity contribution in [2.24, 2.45) is 0 Å². The van der Waals surface area contributed by atoms with Crippen LogP contribution in [0.15, 0.2) is 53.3 Å². The summed E-state index contributed by atoms with van der Waals surface area (Å²) in [7, 11) is 0. The highest BCUT2D eigenvalue weighted by atomic mass is 19.1. The van der Waals surface area contributed by atoms with Crippen molar-refractivity contribution in [1.29, 1.82) is 0 Å². The van der Waals surface area contributed by atoms with Gasteiger partial charge in [-0.15, -0.1) is 0 Å². The molecular formula is C38H50F2N8O2. The molecule has 6 rings (SSSR count). The number of aromatic nitrogens is 3. The fourth-order valence-electron chi connectivity index (χ4n) is 7.02. The highest BCUT2D eigenvalue weighted by molar-refractivity contribution is 5.90. The molecule has 2 aromatic carbocycles. The van der Waals surface area contributed by atoms with Gasteiger partial charge >= 0.3 is 0 Å². The number of fused-ring (bicyclic) bond motifs is 1. The van der Waals surface area contributed by atoms with Gasteiger partial charge in [0, 0.05) is 96.2 Å². The van der Waals surface area contributed by atoms with Crippen LogP contribution >= 0.6 is 0 Å². The van der Waals surface area contributed by atoms with Gasteiger partial charge in [0.2, 0.25) is 11.9 Å². The molecule has 50 heavy (non-hydrogen) atoms. The molecule has 2 fully saturated rings. The molecule has 4 heterocycles. The van der Waals surface area contributed by atoms with Crippen molar-refractivity contribution >= 4 is 22.9 Å². The molecule has 0 unspecified atom stereocenters. The van der Waals surface area contributed by atoms with Gasteiger partial charge < -0.3 is 4.98 Å². The molecule has 12 heteroatoms. The normalized spacial score (nSPS) is 16.7. The Labute approximate surface area is 292 Å². The summed E-state index contributed by atoms with van der Waals surface area (Å²) in [5.41, 5.74) is 4.34. The van der Waals surface area contributed by atoms with E-state index in [1.165, 1.54) is 30.7 Å². The molecule has 4 aromatic rings. The molecule has 0 radical (unpaired) electrons. The van der Waals surface area contributed by atoms with Crippen molar-refractivity contribution in [3.05, 3.63) is 92.9 Å². The maximum atomic E-state index is 13.6. The molecule has 0 spiro atoms. The monoisotopic (exact) mass is 688 g/mol. The van der Waals surface area contributed by atoms with E-state index in [0.29, 0.717) is 30.5 Å². The summed E-state index contributed by atoms with van der Waals surface area (Å²) < 4.78 is 26.8. The summed E-state index contributed by atoms with van der Waals surface area (Å²) in [6.45, 7) is 11.9. The van der Waals surface area contributed by atoms with Crippen LogP contribution in [0.1, 0.15) is 67.8 Å². The number of hydrogen-bond acceptors (Lipinski definition) is 7. The molecule has 3 N–H and O–H groups in total. The Balaban J connectivity index is 1.13. The highest BCUT2D eigenvalue weighted by Gasteiger charge is 2.25. The van der Waals surface area contributed by atoms with Crippen molar-refractivity contribution in [3.63, 3.8) is 0 Å². The Morgan fingerprint density at radius 2 is 1.20 bits per heavy atom. The van der Waals surface area contributed by atoms with E-state index in [0.717, 1.165) is 114 Å². The number of anilines is 1. The zero-order chi connectivity index (χ0) is 34.9. The molecule has 1 amide bonds. The number of benzene rings is 2. The number of H-pyrrole nitrogens is 2. The van der Waals surface area contributed by atoms with E-state index in [1.807, 2.05) is 24.3 Å². The predicted octanol–water partition coefficient (Wildman–Crippen LogP) is 5.46. The molecular weight excluding hydrogens is 638 g/mol. The third-order valence-electron chi connectivity index (χ3n) is 9.95. The standard InChI is InChI=1S/C38H50F2N8O2/c1-2-3-4-5-6-7-34(49)42-38-43-36-35(37(50)44-38)32(26-47-20-16-45(17-21-47)24-28-8-12-30(39)13-9-28)33(41-36)27-48-22-18-46(19-23-48)25-29-10-14-31(40)15-11-29/h8-15H,2-7,16-27H2,1H3,(H3,41,42,43,44,49,50). The van der Waals surface area contributed by atoms with E-state index in [9.17, 15) is 18.4 Å². The maximum Gasteiger partial charge on any atom is 0.262 e. The minimum Gasteiger partial charge on any atom is -0.341 e. The number of nitrogens with zero attached hydrogens (tertiary/aromatic N) is 5. The second-order valence-corrected chi connectivity index (χ2v) is 13.8. The first-order valence-corrected chi connectivity index (χ1v) is 18.1. The Morgan fingerprint density at radius 1 is 0.700 bits per heavy atom. The van der Waals surface area contributed by atoms with Gasteiger partial charge in [-0.1, -0.05) is 56.9 Å². The number of unbranched alkanes of at least 4 members (excludes halogenated alkanes) is 4. The van der Waals surface area contributed by atoms with Crippen molar-refractivity contribution in [3.8, 4) is 0 Å². The molecule has 2 aliphatic heterocycles. The summed E-state index contributed by atoms with van der Waals surface area (Å²) in [6.07, 6.45) is 5.65. The molecule has 10 nitrogen and oxygen atoms in total. The fourth-order valence-corrected chi connectivity index (χ4v) is 7.02. The molecule has 2 saturated heterocycles. The van der Waals surface area contributed by atoms with Gasteiger partial charge in [-0.05, 0) is 41.8 Å². The van der Waals surface area contributed by atoms with E-state index >= 15 is 0 Å². The first kappa shape index (κ1) is 35.8. The van der Waals surface area contributed by atoms with Crippen LogP contribution in [0, 0.1) is 11.6 Å². The van der Waals surface area contributed by atoms with Gasteiger partial charge in [0.15, 0.2) is 0 Å². The van der Waals surface area contributed by atoms with E-state index in [4.69, 9.17) is 0 Å². The number of rotatable bonds is 15. The van der Waals surface area contributed by atoms with Gasteiger partial charge in [-0.3, -0.25) is 39.5 Å². The third kappa shape index (κ3) is 9.84. The molecule has 268 valence electrons. The van der Waals surface area contributed by atoms with Crippen molar-refractivity contribution in [2.45, 2.75) is 71.6 Å². The quantitative estimate of drug-likeness (QED) is 0.143. The summed E-state index contributed by atoms with van der Waals surface area (Å²) >= 11 is 0. The zero-order valence-electron chi connectivity index (χ0n) is 29.2. The Hall–Kier alpha value is -3.97. The summed E-state index contributed by atoms with van der Waals surface area (Å²) in [5, 5.41) is 3.36. The summed E-state index contributed by atoms with van der Waals surface area (Å²) in [6, 6.07) is 13.4. The number of carbonyl (C=O) groups excluding carboxylic acids is 1. The smallest absolute Gasteiger partial charge is 0.262 e. The SMILES string of the molecule is CCCCCCCC(=O)Nc1nc2[nH]c(CN3CCN(Cc4ccc(F)cc4)CC3)c(CN3CCN(Cc4ccc(F)cc4)CC3)c2c(=O)[nH]1. The average Bonchev–Trinajstić information content (AvgIpc) is 3.44. The minimum absolute atomic E-state index is 0.145. The van der Waals surface area contributed by atoms with Crippen LogP contribution in [0.3, 0.4) is 0 Å². The van der Waals surface area contributed by atoms with Gasteiger partial charge in [0.05, 0.1) is 5.39 Å². The minimum atomic E-state index is -0.259. The number of halogens is 2. The van der Waals surface area contributed by atoms with Gasteiger partial charge in [0.25, 0.3) is 5.56 Å². The lowest BCUT2D eigenvalue weighted by molar-refractivity contribution is -0.116. The van der Waals surface area contributed by atoms with Gasteiger partial charge in [-0.2, -0.15) is 4.98 Å². The Morgan fingerprint density at radius 3 is 1.74 bits per heavy atom. The maximum absolute atomic E-state index is 13.6. The van der Waals surface area contributed by atoms with Crippen molar-refractivity contribution < 1.29 is 13.6 Å². The van der Waals surface area contributed by atoms with Crippen molar-refractivity contribution in [2.75, 3.05) is 57.7 Å². The predicted molar refractivity (Wildman–Crippen MR) is 193 cm³/mol. The van der Waals surface area contributed by atoms with E-state index in [1.54, 1.807) is 0 Å². The Bertz CT molecular complexity index is 1740. The van der Waals surface area contributed by atoms with Crippen molar-refractivity contribution in [1.82, 2.24) is 34.6 Å². The lowest BCUT2D eigenvalue weighted by Crippen LogP contribution is -2.46. The lowest BCUT2D eigenvalue weighted by atomic mass is 10.1. The largest absolute Gasteiger partial charge is 0.341 e. The van der Waals surface area contributed by atoms with E-state index in [-0.39, 0.29) is 29.0 Å². The Kier molecular flexibility index (Phi) is 12.4. The zero-order valence-corrected chi connectivity index (χ0v) is 29.2. The van der Waals surface area contributed by atoms with E-state index < -0.39 is 0 Å². The molecule has 0 atom stereocenters. The van der Waals surface area contributed by atoms with Crippen LogP contribution in [0.5, 0.6) is 0 Å². The van der Waals surface area contributed by atoms with Gasteiger partial charge in [0.1, 0.15) is 17.3 Å². The number of piperazine rings is 2. The first-order chi connectivity index (χ1) is 24.3. The second-order valence-electron chi connectivity index (χ2n) is 13.8. The molecule has 2 aliphatic rings. The van der Waals surface area contributed by atoms with Gasteiger partial charge in [-0.25, -0.2) is 8.78 Å². The first-order valence-electron chi connectivity index (χ1n) is 18.1.